The molecule has 340 valence electrons. The van der Waals surface area contributed by atoms with E-state index < -0.39 is 121 Å². The number of aliphatic hydroxyl groups excluding tert-OH is 3. The van der Waals surface area contributed by atoms with E-state index in [1.165, 1.54) is 0 Å². The number of carbonyl (C=O) groups excluding carboxylic acids is 7. The topological polar surface area (TPSA) is 385 Å². The van der Waals surface area contributed by atoms with Crippen LogP contribution in [0.4, 0.5) is 0 Å². The summed E-state index contributed by atoms with van der Waals surface area (Å²) in [5.74, 6) is -6.77. The third-order valence-electron chi connectivity index (χ3n) is 10.3. The van der Waals surface area contributed by atoms with Crippen molar-refractivity contribution in [3.05, 3.63) is 46.3 Å². The van der Waals surface area contributed by atoms with E-state index in [9.17, 15) is 58.8 Å². The molecular weight excluding hydrogens is 816 g/mol. The molecule has 0 radical (unpaired) electrons. The van der Waals surface area contributed by atoms with E-state index in [1.807, 2.05) is 0 Å². The standard InChI is InChI=1S/C39H56N10O13/c40-29(41)12-5-4-10-23-27(51)14-16-30(52)45-26(19-31(53)54)38(60)48-25(18-21-8-2-1-3-9-21)37(59)47-24(36(58)46-23)11-6-7-17-43-39(61)35-34(57)33(56)32(55)28(62-35)15-13-22(50)20-44-49-42/h1-3,8-9,23-26,28,32-35,55-57H,4-7,10-20H2,(H3,40,41)(H,43,61)(H,45,52)(H,46,58)(H,47,59)(H,48,60)(H,53,54)/t23-,24-,25+,26-,28+,32-,33?,34-,35?/m0/s1. The van der Waals surface area contributed by atoms with Crippen molar-refractivity contribution in [2.45, 2.75) is 138 Å². The average molecular weight is 873 g/mol. The zero-order chi connectivity index (χ0) is 45.8. The second kappa shape index (κ2) is 25.7. The Balaban J connectivity index is 1.80. The number of ketones is 2. The highest BCUT2D eigenvalue weighted by atomic mass is 16.5. The first-order valence-corrected chi connectivity index (χ1v) is 20.3. The van der Waals surface area contributed by atoms with Crippen LogP contribution in [0.3, 0.4) is 0 Å². The molecular formula is C39H56N10O13. The van der Waals surface area contributed by atoms with E-state index in [0.717, 1.165) is 0 Å². The normalized spacial score (nSPS) is 26.2. The third kappa shape index (κ3) is 16.8. The lowest BCUT2D eigenvalue weighted by atomic mass is 9.91. The smallest absolute Gasteiger partial charge is 0.305 e. The first-order chi connectivity index (χ1) is 29.5. The maximum Gasteiger partial charge on any atom is 0.305 e. The number of nitrogens with one attached hydrogen (secondary N) is 6. The summed E-state index contributed by atoms with van der Waals surface area (Å²) in [7, 11) is 0. The van der Waals surface area contributed by atoms with E-state index in [-0.39, 0.29) is 70.2 Å². The lowest BCUT2D eigenvalue weighted by Gasteiger charge is -2.40. The Morgan fingerprint density at radius 1 is 0.806 bits per heavy atom. The first kappa shape index (κ1) is 50.4. The molecule has 23 nitrogen and oxygen atoms in total. The number of hydrogen-bond donors (Lipinski definition) is 11. The van der Waals surface area contributed by atoms with Gasteiger partial charge in [-0.3, -0.25) is 43.8 Å². The SMILES string of the molecule is [N-]=[N+]=NCC(=O)CC[C@H]1OC(C(=O)NCCCC[C@@H]2NC(=O)[C@@H](Cc3ccccc3)NC(=O)[C@H](CC(=O)O)NC(=O)CCC(=O)[C@H](CCCCC(=N)N)NC2=O)[C@@H](O)C(O)[C@H]1O. The number of amidine groups is 1. The number of azide groups is 1. The molecule has 2 unspecified atom stereocenters. The van der Waals surface area contributed by atoms with Gasteiger partial charge in [0.05, 0.1) is 30.9 Å². The highest BCUT2D eigenvalue weighted by molar-refractivity contribution is 5.98. The summed E-state index contributed by atoms with van der Waals surface area (Å²) in [6, 6.07) is 3.05. The number of aliphatic hydroxyl groups is 3. The summed E-state index contributed by atoms with van der Waals surface area (Å²) in [5.41, 5.74) is 14.5. The number of hydrogen-bond acceptors (Lipinski definition) is 14. The summed E-state index contributed by atoms with van der Waals surface area (Å²) in [6.45, 7) is -0.501. The zero-order valence-corrected chi connectivity index (χ0v) is 34.1. The van der Waals surface area contributed by atoms with Gasteiger partial charge >= 0.3 is 5.97 Å². The number of nitrogens with zero attached hydrogens (tertiary/aromatic N) is 3. The maximum atomic E-state index is 14.0. The van der Waals surface area contributed by atoms with Gasteiger partial charge in [0.2, 0.25) is 23.6 Å². The summed E-state index contributed by atoms with van der Waals surface area (Å²) in [4.78, 5) is 107. The molecule has 2 aliphatic heterocycles. The molecule has 1 aromatic rings. The van der Waals surface area contributed by atoms with Gasteiger partial charge in [-0.25, -0.2) is 0 Å². The van der Waals surface area contributed by atoms with Crippen molar-refractivity contribution >= 4 is 52.9 Å². The van der Waals surface area contributed by atoms with Gasteiger partial charge in [-0.2, -0.15) is 0 Å². The third-order valence-corrected chi connectivity index (χ3v) is 10.3. The number of carboxylic acid groups (broad SMARTS) is 1. The molecule has 2 fully saturated rings. The Morgan fingerprint density at radius 2 is 1.44 bits per heavy atom. The van der Waals surface area contributed by atoms with Gasteiger partial charge in [0.15, 0.2) is 11.9 Å². The van der Waals surface area contributed by atoms with Gasteiger partial charge in [0.1, 0.15) is 42.2 Å². The van der Waals surface area contributed by atoms with Crippen molar-refractivity contribution < 1.29 is 63.5 Å². The molecule has 5 amide bonds. The van der Waals surface area contributed by atoms with E-state index >= 15 is 0 Å². The summed E-state index contributed by atoms with van der Waals surface area (Å²) < 4.78 is 5.57. The van der Waals surface area contributed by atoms with Crippen LogP contribution in [0.15, 0.2) is 35.4 Å². The number of carboxylic acids is 1. The van der Waals surface area contributed by atoms with E-state index in [4.69, 9.17) is 21.4 Å². The number of carbonyl (C=O) groups is 8. The molecule has 2 heterocycles. The van der Waals surface area contributed by atoms with Crippen molar-refractivity contribution in [3.63, 3.8) is 0 Å². The minimum absolute atomic E-state index is 0.0579. The molecule has 0 saturated carbocycles. The number of Topliss-reactive ketones (excluding diaryl/α,β-unsaturated/α-hetero) is 2. The van der Waals surface area contributed by atoms with Gasteiger partial charge in [-0.1, -0.05) is 41.9 Å². The second-order valence-corrected chi connectivity index (χ2v) is 15.1. The molecule has 0 spiro atoms. The molecule has 2 aliphatic rings. The molecule has 0 aromatic heterocycles. The Morgan fingerprint density at radius 3 is 2.11 bits per heavy atom. The van der Waals surface area contributed by atoms with Gasteiger partial charge in [-0.05, 0) is 49.6 Å². The van der Waals surface area contributed by atoms with Crippen molar-refractivity contribution in [1.82, 2.24) is 26.6 Å². The van der Waals surface area contributed by atoms with Gasteiger partial charge < -0.3 is 57.5 Å². The van der Waals surface area contributed by atoms with Gasteiger partial charge in [-0.15, -0.1) is 0 Å². The highest BCUT2D eigenvalue weighted by Gasteiger charge is 2.46. The number of benzene rings is 1. The maximum absolute atomic E-state index is 14.0. The zero-order valence-electron chi connectivity index (χ0n) is 34.1. The number of rotatable bonds is 20. The van der Waals surface area contributed by atoms with Crippen molar-refractivity contribution in [2.75, 3.05) is 13.1 Å². The minimum Gasteiger partial charge on any atom is -0.481 e. The van der Waals surface area contributed by atoms with Gasteiger partial charge in [0.25, 0.3) is 5.91 Å². The molecule has 1 aromatic carbocycles. The molecule has 23 heteroatoms. The van der Waals surface area contributed by atoms with Gasteiger partial charge in [0, 0.05) is 43.6 Å². The number of ether oxygens (including phenoxy) is 1. The predicted octanol–water partition coefficient (Wildman–Crippen LogP) is -1.70. The van der Waals surface area contributed by atoms with Crippen LogP contribution in [-0.4, -0.2) is 141 Å². The Labute approximate surface area is 356 Å². The van der Waals surface area contributed by atoms with E-state index in [1.54, 1.807) is 30.3 Å². The van der Waals surface area contributed by atoms with Crippen LogP contribution < -0.4 is 32.3 Å². The monoisotopic (exact) mass is 872 g/mol. The van der Waals surface area contributed by atoms with Crippen LogP contribution in [0.2, 0.25) is 0 Å². The minimum atomic E-state index is -1.83. The molecule has 12 N–H and O–H groups in total. The van der Waals surface area contributed by atoms with Crippen molar-refractivity contribution in [1.29, 1.82) is 5.41 Å². The number of amides is 5. The Kier molecular flexibility index (Phi) is 20.9. The van der Waals surface area contributed by atoms with Crippen LogP contribution in [0, 0.1) is 5.41 Å². The Bertz CT molecular complexity index is 1810. The molecule has 9 atom stereocenters. The highest BCUT2D eigenvalue weighted by Crippen LogP contribution is 2.25. The lowest BCUT2D eigenvalue weighted by Crippen LogP contribution is -2.61. The van der Waals surface area contributed by atoms with Crippen LogP contribution in [0.5, 0.6) is 0 Å². The van der Waals surface area contributed by atoms with E-state index in [2.05, 4.69) is 36.6 Å². The summed E-state index contributed by atoms with van der Waals surface area (Å²) >= 11 is 0. The Hall–Kier alpha value is -6.00. The first-order valence-electron chi connectivity index (χ1n) is 20.3. The van der Waals surface area contributed by atoms with Crippen LogP contribution in [-0.2, 0) is 49.5 Å². The quantitative estimate of drug-likeness (QED) is 0.0174. The number of unbranched alkanes of at least 4 members (excludes halogenated alkanes) is 2. The molecule has 0 aliphatic carbocycles. The largest absolute Gasteiger partial charge is 0.481 e. The summed E-state index contributed by atoms with van der Waals surface area (Å²) in [6.07, 6.45) is -8.86. The fraction of sp³-hybridized carbons (Fsp3) is 0.615. The number of aliphatic carboxylic acids is 1. The fourth-order valence-corrected chi connectivity index (χ4v) is 6.87. The molecule has 0 bridgehead atoms. The van der Waals surface area contributed by atoms with Crippen LogP contribution >= 0.6 is 0 Å². The fourth-order valence-electron chi connectivity index (χ4n) is 6.87. The second-order valence-electron chi connectivity index (χ2n) is 15.1. The van der Waals surface area contributed by atoms with E-state index in [0.29, 0.717) is 18.4 Å². The van der Waals surface area contributed by atoms with Crippen molar-refractivity contribution in [3.8, 4) is 0 Å². The van der Waals surface area contributed by atoms with Crippen LogP contribution in [0.25, 0.3) is 10.4 Å². The molecule has 62 heavy (non-hydrogen) atoms. The number of nitrogens with two attached hydrogens (primary N) is 1. The summed E-state index contributed by atoms with van der Waals surface area (Å²) in [5, 5.41) is 64.2. The molecule has 2 saturated heterocycles. The average Bonchev–Trinajstić information content (AvgIpc) is 3.23. The van der Waals surface area contributed by atoms with Crippen molar-refractivity contribution in [2.24, 2.45) is 10.8 Å². The lowest BCUT2D eigenvalue weighted by molar-refractivity contribution is -0.221. The molecule has 3 rings (SSSR count). The van der Waals surface area contributed by atoms with Crippen LogP contribution in [0.1, 0.15) is 82.6 Å². The predicted molar refractivity (Wildman–Crippen MR) is 217 cm³/mol.